The van der Waals surface area contributed by atoms with Crippen molar-refractivity contribution in [2.24, 2.45) is 5.73 Å². The second-order valence-corrected chi connectivity index (χ2v) is 5.50. The number of nitrogens with zero attached hydrogens (tertiary/aromatic N) is 2. The van der Waals surface area contributed by atoms with Crippen molar-refractivity contribution in [1.29, 1.82) is 0 Å². The molecule has 1 aliphatic heterocycles. The van der Waals surface area contributed by atoms with E-state index in [9.17, 15) is 4.79 Å². The number of piperazine rings is 1. The van der Waals surface area contributed by atoms with Gasteiger partial charge in [0.15, 0.2) is 0 Å². The molecular weight excluding hydrogens is 214 g/mol. The smallest absolute Gasteiger partial charge is 0.237 e. The lowest BCUT2D eigenvalue weighted by Gasteiger charge is -2.42. The van der Waals surface area contributed by atoms with E-state index in [1.165, 1.54) is 38.5 Å². The van der Waals surface area contributed by atoms with Gasteiger partial charge in [0.2, 0.25) is 5.91 Å². The van der Waals surface area contributed by atoms with E-state index >= 15 is 0 Å². The average molecular weight is 239 g/mol. The van der Waals surface area contributed by atoms with Crippen LogP contribution >= 0.6 is 0 Å². The van der Waals surface area contributed by atoms with Crippen LogP contribution in [-0.2, 0) is 4.79 Å². The van der Waals surface area contributed by atoms with Crippen LogP contribution in [0.2, 0.25) is 0 Å². The molecule has 4 heteroatoms. The second kappa shape index (κ2) is 5.83. The Hall–Kier alpha value is -0.610. The summed E-state index contributed by atoms with van der Waals surface area (Å²) in [7, 11) is 2.00. The van der Waals surface area contributed by atoms with E-state index in [2.05, 4.69) is 9.80 Å². The first kappa shape index (κ1) is 12.8. The molecule has 0 radical (unpaired) electrons. The maximum atomic E-state index is 12.1. The van der Waals surface area contributed by atoms with Crippen LogP contribution in [0, 0.1) is 0 Å². The Morgan fingerprint density at radius 3 is 2.47 bits per heavy atom. The van der Waals surface area contributed by atoms with E-state index in [0.29, 0.717) is 31.1 Å². The molecule has 0 bridgehead atoms. The summed E-state index contributed by atoms with van der Waals surface area (Å²) in [5.41, 5.74) is 5.78. The predicted octanol–water partition coefficient (Wildman–Crippen LogP) is 0.811. The van der Waals surface area contributed by atoms with Gasteiger partial charge in [-0.2, -0.15) is 0 Å². The highest BCUT2D eigenvalue weighted by Crippen LogP contribution is 2.24. The van der Waals surface area contributed by atoms with Crippen LogP contribution in [0.25, 0.3) is 0 Å². The molecule has 0 aromatic carbocycles. The summed E-state index contributed by atoms with van der Waals surface area (Å²) in [4.78, 5) is 16.3. The molecule has 1 saturated carbocycles. The Bertz CT molecular complexity index is 261. The lowest BCUT2D eigenvalue weighted by Crippen LogP contribution is -2.59. The molecule has 2 N–H and O–H groups in total. The number of nitrogens with two attached hydrogens (primary N) is 1. The summed E-state index contributed by atoms with van der Waals surface area (Å²) in [6.45, 7) is 2.02. The molecule has 2 aliphatic rings. The van der Waals surface area contributed by atoms with E-state index < -0.39 is 0 Å². The van der Waals surface area contributed by atoms with Crippen LogP contribution in [0.3, 0.4) is 0 Å². The third-order valence-corrected chi connectivity index (χ3v) is 4.27. The quantitative estimate of drug-likeness (QED) is 0.726. The van der Waals surface area contributed by atoms with Gasteiger partial charge in [0.1, 0.15) is 0 Å². The number of carbonyl (C=O) groups is 1. The largest absolute Gasteiger partial charge is 0.337 e. The van der Waals surface area contributed by atoms with Crippen molar-refractivity contribution in [3.05, 3.63) is 0 Å². The van der Waals surface area contributed by atoms with E-state index in [4.69, 9.17) is 5.73 Å². The van der Waals surface area contributed by atoms with Crippen molar-refractivity contribution < 1.29 is 4.79 Å². The van der Waals surface area contributed by atoms with E-state index in [-0.39, 0.29) is 0 Å². The van der Waals surface area contributed by atoms with E-state index in [1.807, 2.05) is 7.05 Å². The minimum Gasteiger partial charge on any atom is -0.337 e. The number of amides is 1. The lowest BCUT2D eigenvalue weighted by atomic mass is 10.0. The zero-order chi connectivity index (χ0) is 12.3. The number of hydrogen-bond donors (Lipinski definition) is 1. The van der Waals surface area contributed by atoms with Crippen molar-refractivity contribution in [3.63, 3.8) is 0 Å². The number of likely N-dealkylation sites (N-methyl/N-ethyl adjacent to an activating group) is 1. The van der Waals surface area contributed by atoms with Gasteiger partial charge in [-0.15, -0.1) is 0 Å². The SMILES string of the molecule is CN1CC(=O)N(C2CCCCCC2)CC1CN. The Kier molecular flexibility index (Phi) is 4.40. The maximum Gasteiger partial charge on any atom is 0.237 e. The molecule has 17 heavy (non-hydrogen) atoms. The van der Waals surface area contributed by atoms with Gasteiger partial charge in [-0.3, -0.25) is 9.69 Å². The number of rotatable bonds is 2. The molecule has 1 unspecified atom stereocenters. The zero-order valence-corrected chi connectivity index (χ0v) is 10.9. The lowest BCUT2D eigenvalue weighted by molar-refractivity contribution is -0.140. The monoisotopic (exact) mass is 239 g/mol. The van der Waals surface area contributed by atoms with Gasteiger partial charge in [-0.05, 0) is 19.9 Å². The highest BCUT2D eigenvalue weighted by Gasteiger charge is 2.33. The van der Waals surface area contributed by atoms with Gasteiger partial charge < -0.3 is 10.6 Å². The molecule has 1 saturated heterocycles. The van der Waals surface area contributed by atoms with Crippen LogP contribution in [0.4, 0.5) is 0 Å². The van der Waals surface area contributed by atoms with Crippen molar-refractivity contribution in [2.75, 3.05) is 26.7 Å². The van der Waals surface area contributed by atoms with Gasteiger partial charge in [0, 0.05) is 25.2 Å². The standard InChI is InChI=1S/C13H25N3O/c1-15-10-13(17)16(9-12(15)8-14)11-6-4-2-3-5-7-11/h11-12H,2-10,14H2,1H3. The molecule has 1 aliphatic carbocycles. The first-order valence-electron chi connectivity index (χ1n) is 6.92. The fourth-order valence-corrected chi connectivity index (χ4v) is 3.08. The topological polar surface area (TPSA) is 49.6 Å². The molecule has 2 rings (SSSR count). The zero-order valence-electron chi connectivity index (χ0n) is 10.9. The molecule has 2 fully saturated rings. The molecule has 4 nitrogen and oxygen atoms in total. The molecule has 1 amide bonds. The van der Waals surface area contributed by atoms with Gasteiger partial charge in [0.05, 0.1) is 6.54 Å². The minimum atomic E-state index is 0.295. The first-order chi connectivity index (χ1) is 8.22. The summed E-state index contributed by atoms with van der Waals surface area (Å²) in [5.74, 6) is 0.295. The normalized spacial score (nSPS) is 29.4. The van der Waals surface area contributed by atoms with Crippen LogP contribution in [0.15, 0.2) is 0 Å². The molecule has 98 valence electrons. The molecule has 0 spiro atoms. The Morgan fingerprint density at radius 1 is 1.24 bits per heavy atom. The highest BCUT2D eigenvalue weighted by molar-refractivity contribution is 5.79. The maximum absolute atomic E-state index is 12.1. The average Bonchev–Trinajstić information content (AvgIpc) is 2.58. The molecule has 0 aromatic heterocycles. The van der Waals surface area contributed by atoms with Crippen molar-refractivity contribution in [1.82, 2.24) is 9.80 Å². The molecule has 1 heterocycles. The van der Waals surface area contributed by atoms with Crippen LogP contribution < -0.4 is 5.73 Å². The minimum absolute atomic E-state index is 0.295. The van der Waals surface area contributed by atoms with Crippen LogP contribution in [-0.4, -0.2) is 54.5 Å². The summed E-state index contributed by atoms with van der Waals surface area (Å²) in [6, 6.07) is 0.823. The van der Waals surface area contributed by atoms with Crippen LogP contribution in [0.1, 0.15) is 38.5 Å². The van der Waals surface area contributed by atoms with Gasteiger partial charge in [-0.1, -0.05) is 25.7 Å². The summed E-state index contributed by atoms with van der Waals surface area (Å²) in [5, 5.41) is 0. The third-order valence-electron chi connectivity index (χ3n) is 4.27. The molecular formula is C13H25N3O. The van der Waals surface area contributed by atoms with Crippen molar-refractivity contribution in [3.8, 4) is 0 Å². The van der Waals surface area contributed by atoms with Gasteiger partial charge in [-0.25, -0.2) is 0 Å². The summed E-state index contributed by atoms with van der Waals surface area (Å²) in [6.07, 6.45) is 7.59. The van der Waals surface area contributed by atoms with Gasteiger partial charge in [0.25, 0.3) is 0 Å². The molecule has 1 atom stereocenters. The van der Waals surface area contributed by atoms with Crippen molar-refractivity contribution >= 4 is 5.91 Å². The van der Waals surface area contributed by atoms with E-state index in [0.717, 1.165) is 6.54 Å². The highest BCUT2D eigenvalue weighted by atomic mass is 16.2. The van der Waals surface area contributed by atoms with Crippen LogP contribution in [0.5, 0.6) is 0 Å². The number of carbonyl (C=O) groups excluding carboxylic acids is 1. The second-order valence-electron chi connectivity index (χ2n) is 5.50. The summed E-state index contributed by atoms with van der Waals surface area (Å²) < 4.78 is 0. The first-order valence-corrected chi connectivity index (χ1v) is 6.92. The predicted molar refractivity (Wildman–Crippen MR) is 68.7 cm³/mol. The summed E-state index contributed by atoms with van der Waals surface area (Å²) >= 11 is 0. The fourth-order valence-electron chi connectivity index (χ4n) is 3.08. The third kappa shape index (κ3) is 2.99. The van der Waals surface area contributed by atoms with Crippen molar-refractivity contribution in [2.45, 2.75) is 50.6 Å². The Morgan fingerprint density at radius 2 is 1.88 bits per heavy atom. The van der Waals surface area contributed by atoms with E-state index in [1.54, 1.807) is 0 Å². The Labute approximate surface area is 104 Å². The number of hydrogen-bond acceptors (Lipinski definition) is 3. The molecule has 0 aromatic rings. The van der Waals surface area contributed by atoms with Gasteiger partial charge >= 0.3 is 0 Å². The fraction of sp³-hybridized carbons (Fsp3) is 0.923. The Balaban J connectivity index is 2.00.